The van der Waals surface area contributed by atoms with Crippen LogP contribution in [0.1, 0.15) is 83.7 Å². The largest absolute Gasteiger partial charge is 0.491 e. The molecule has 0 saturated heterocycles. The Morgan fingerprint density at radius 2 is 1.87 bits per heavy atom. The van der Waals surface area contributed by atoms with E-state index >= 15 is 0 Å². The van der Waals surface area contributed by atoms with Gasteiger partial charge in [-0.05, 0) is 67.2 Å². The molecule has 2 aromatic carbocycles. The van der Waals surface area contributed by atoms with Crippen LogP contribution in [0.5, 0.6) is 5.75 Å². The number of halogens is 1. The van der Waals surface area contributed by atoms with Crippen LogP contribution in [0.25, 0.3) is 16.5 Å². The number of fused-ring (bicyclic) bond motifs is 1. The highest BCUT2D eigenvalue weighted by molar-refractivity contribution is 6.05. The van der Waals surface area contributed by atoms with Crippen LogP contribution < -0.4 is 10.1 Å². The number of benzene rings is 2. The Morgan fingerprint density at radius 1 is 1.05 bits per heavy atom. The molecule has 2 N–H and O–H groups in total. The minimum Gasteiger partial charge on any atom is -0.491 e. The molecular formula is C31H39FN2O4. The summed E-state index contributed by atoms with van der Waals surface area (Å²) in [5.74, 6) is -1.60. The van der Waals surface area contributed by atoms with Crippen molar-refractivity contribution < 1.29 is 23.8 Å². The lowest BCUT2D eigenvalue weighted by atomic mass is 10.0. The Kier molecular flexibility index (Phi) is 10.9. The van der Waals surface area contributed by atoms with Gasteiger partial charge in [-0.25, -0.2) is 4.39 Å². The van der Waals surface area contributed by atoms with E-state index in [1.54, 1.807) is 6.08 Å². The van der Waals surface area contributed by atoms with E-state index in [0.29, 0.717) is 18.2 Å². The zero-order valence-corrected chi connectivity index (χ0v) is 22.6. The third kappa shape index (κ3) is 7.94. The zero-order valence-electron chi connectivity index (χ0n) is 22.6. The molecule has 0 aliphatic rings. The second-order valence-electron chi connectivity index (χ2n) is 9.58. The molecule has 0 spiro atoms. The fourth-order valence-electron chi connectivity index (χ4n) is 4.72. The van der Waals surface area contributed by atoms with E-state index in [4.69, 9.17) is 9.84 Å². The number of nitrogens with zero attached hydrogens (tertiary/aromatic N) is 1. The van der Waals surface area contributed by atoms with Crippen LogP contribution in [0.4, 0.5) is 10.1 Å². The third-order valence-electron chi connectivity index (χ3n) is 6.68. The average molecular weight is 523 g/mol. The number of aliphatic carboxylic acids is 1. The number of nitrogens with one attached hydrogen (secondary N) is 1. The van der Waals surface area contributed by atoms with Gasteiger partial charge in [0.15, 0.2) is 0 Å². The number of hydrogen-bond donors (Lipinski definition) is 2. The van der Waals surface area contributed by atoms with E-state index in [2.05, 4.69) is 54.2 Å². The Balaban J connectivity index is 1.78. The molecular weight excluding hydrogens is 483 g/mol. The second kappa shape index (κ2) is 14.4. The van der Waals surface area contributed by atoms with Crippen LogP contribution >= 0.6 is 0 Å². The number of amides is 1. The van der Waals surface area contributed by atoms with E-state index in [1.165, 1.54) is 43.0 Å². The van der Waals surface area contributed by atoms with Crippen molar-refractivity contribution in [3.8, 4) is 5.75 Å². The molecule has 0 aliphatic heterocycles. The van der Waals surface area contributed by atoms with Gasteiger partial charge in [0, 0.05) is 41.7 Å². The second-order valence-corrected chi connectivity index (χ2v) is 9.58. The number of allylic oxidation sites excluding steroid dienone is 1. The minimum absolute atomic E-state index is 0.0503. The average Bonchev–Trinajstić information content (AvgIpc) is 3.32. The van der Waals surface area contributed by atoms with Crippen LogP contribution in [0, 0.1) is 5.82 Å². The van der Waals surface area contributed by atoms with Gasteiger partial charge in [-0.1, -0.05) is 46.1 Å². The molecule has 3 rings (SSSR count). The van der Waals surface area contributed by atoms with Gasteiger partial charge in [0.1, 0.15) is 11.6 Å². The highest BCUT2D eigenvalue weighted by Gasteiger charge is 2.14. The number of carboxylic acid groups (broad SMARTS) is 1. The van der Waals surface area contributed by atoms with Crippen LogP contribution in [-0.2, 0) is 9.59 Å². The molecule has 204 valence electrons. The van der Waals surface area contributed by atoms with E-state index < -0.39 is 11.8 Å². The van der Waals surface area contributed by atoms with Gasteiger partial charge in [-0.15, -0.1) is 0 Å². The van der Waals surface area contributed by atoms with Gasteiger partial charge in [0.25, 0.3) is 0 Å². The van der Waals surface area contributed by atoms with Gasteiger partial charge in [-0.3, -0.25) is 9.59 Å². The number of carbonyl (C=O) groups is 2. The number of anilines is 1. The molecule has 1 heterocycles. The summed E-state index contributed by atoms with van der Waals surface area (Å²) >= 11 is 0. The van der Waals surface area contributed by atoms with Gasteiger partial charge in [0.05, 0.1) is 12.3 Å². The molecule has 0 fully saturated rings. The zero-order chi connectivity index (χ0) is 27.5. The standard InChI is InChI=1S/C31H39FN2O4/c1-4-7-10-26(9-5-2)34-17-16-24-19-23(12-15-28(24)34)22(6-3)20-30(35)33-27-14-13-25(32)21-29(27)38-18-8-11-31(36)37/h12-17,19-21,26H,4-11,18H2,1-3H3,(H,33,35)(H,36,37)/b22-20-. The SMILES string of the molecule is CCCCC(CCC)n1ccc2cc(/C(=C\C(=O)Nc3ccc(F)cc3OCCCC(=O)O)CC)ccc21. The number of aromatic nitrogens is 1. The molecule has 3 aromatic rings. The molecule has 1 atom stereocenters. The van der Waals surface area contributed by atoms with Crippen molar-refractivity contribution in [3.63, 3.8) is 0 Å². The number of ether oxygens (including phenoxy) is 1. The van der Waals surface area contributed by atoms with Gasteiger partial charge in [-0.2, -0.15) is 0 Å². The van der Waals surface area contributed by atoms with Gasteiger partial charge in [0.2, 0.25) is 5.91 Å². The fraction of sp³-hybridized carbons (Fsp3) is 0.419. The summed E-state index contributed by atoms with van der Waals surface area (Å²) in [7, 11) is 0. The van der Waals surface area contributed by atoms with Crippen molar-refractivity contribution in [2.75, 3.05) is 11.9 Å². The summed E-state index contributed by atoms with van der Waals surface area (Å²) in [6.45, 7) is 6.56. The van der Waals surface area contributed by atoms with Crippen LogP contribution in [0.3, 0.4) is 0 Å². The smallest absolute Gasteiger partial charge is 0.303 e. The van der Waals surface area contributed by atoms with Gasteiger partial charge < -0.3 is 19.7 Å². The van der Waals surface area contributed by atoms with Gasteiger partial charge >= 0.3 is 5.97 Å². The number of unbranched alkanes of at least 4 members (excludes halogenated alkanes) is 1. The monoisotopic (exact) mass is 522 g/mol. The summed E-state index contributed by atoms with van der Waals surface area (Å²) in [4.78, 5) is 23.6. The predicted molar refractivity (Wildman–Crippen MR) is 151 cm³/mol. The highest BCUT2D eigenvalue weighted by Crippen LogP contribution is 2.30. The number of hydrogen-bond acceptors (Lipinski definition) is 3. The van der Waals surface area contributed by atoms with Crippen molar-refractivity contribution in [2.45, 2.75) is 78.2 Å². The van der Waals surface area contributed by atoms with Crippen molar-refractivity contribution in [1.29, 1.82) is 0 Å². The van der Waals surface area contributed by atoms with E-state index in [-0.39, 0.29) is 31.1 Å². The summed E-state index contributed by atoms with van der Waals surface area (Å²) < 4.78 is 21.7. The van der Waals surface area contributed by atoms with Crippen molar-refractivity contribution in [2.24, 2.45) is 0 Å². The lowest BCUT2D eigenvalue weighted by molar-refractivity contribution is -0.137. The van der Waals surface area contributed by atoms with Crippen LogP contribution in [-0.4, -0.2) is 28.2 Å². The first-order valence-electron chi connectivity index (χ1n) is 13.6. The highest BCUT2D eigenvalue weighted by atomic mass is 19.1. The van der Waals surface area contributed by atoms with Crippen molar-refractivity contribution in [3.05, 3.63) is 66.1 Å². The Hall–Kier alpha value is -3.61. The molecule has 6 nitrogen and oxygen atoms in total. The van der Waals surface area contributed by atoms with Crippen molar-refractivity contribution in [1.82, 2.24) is 4.57 Å². The van der Waals surface area contributed by atoms with E-state index in [9.17, 15) is 14.0 Å². The maximum absolute atomic E-state index is 13.8. The third-order valence-corrected chi connectivity index (χ3v) is 6.68. The minimum atomic E-state index is -0.925. The number of carboxylic acids is 1. The topological polar surface area (TPSA) is 80.6 Å². The number of carbonyl (C=O) groups excluding carboxylic acids is 1. The molecule has 1 amide bonds. The molecule has 0 radical (unpaired) electrons. The maximum atomic E-state index is 13.8. The van der Waals surface area contributed by atoms with E-state index in [1.807, 2.05) is 6.92 Å². The Bertz CT molecular complexity index is 1260. The number of rotatable bonds is 15. The lowest BCUT2D eigenvalue weighted by Gasteiger charge is -2.19. The Labute approximate surface area is 224 Å². The molecule has 1 aromatic heterocycles. The first-order valence-corrected chi connectivity index (χ1v) is 13.6. The molecule has 7 heteroatoms. The first-order chi connectivity index (χ1) is 18.4. The molecule has 38 heavy (non-hydrogen) atoms. The van der Waals surface area contributed by atoms with Crippen LogP contribution in [0.2, 0.25) is 0 Å². The fourth-order valence-corrected chi connectivity index (χ4v) is 4.72. The molecule has 0 aliphatic carbocycles. The molecule has 0 bridgehead atoms. The summed E-state index contributed by atoms with van der Waals surface area (Å²) in [5, 5.41) is 12.7. The lowest BCUT2D eigenvalue weighted by Crippen LogP contribution is -2.11. The normalized spacial score (nSPS) is 12.5. The summed E-state index contributed by atoms with van der Waals surface area (Å²) in [6, 6.07) is 12.9. The Morgan fingerprint density at radius 3 is 2.58 bits per heavy atom. The summed E-state index contributed by atoms with van der Waals surface area (Å²) in [6.07, 6.45) is 10.5. The summed E-state index contributed by atoms with van der Waals surface area (Å²) in [5.41, 5.74) is 3.41. The first kappa shape index (κ1) is 29.0. The van der Waals surface area contributed by atoms with Crippen LogP contribution in [0.15, 0.2) is 54.7 Å². The molecule has 0 saturated carbocycles. The maximum Gasteiger partial charge on any atom is 0.303 e. The predicted octanol–water partition coefficient (Wildman–Crippen LogP) is 7.99. The van der Waals surface area contributed by atoms with Crippen molar-refractivity contribution >= 4 is 34.0 Å². The quantitative estimate of drug-likeness (QED) is 0.157. The van der Waals surface area contributed by atoms with E-state index in [0.717, 1.165) is 29.4 Å². The molecule has 1 unspecified atom stereocenters.